The van der Waals surface area contributed by atoms with Crippen molar-refractivity contribution in [2.24, 2.45) is 7.05 Å². The molecule has 0 aliphatic rings. The second kappa shape index (κ2) is 4.72. The van der Waals surface area contributed by atoms with Gasteiger partial charge in [0, 0.05) is 19.2 Å². The third kappa shape index (κ3) is 3.28. The molecular formula is C10H20N4O. The highest BCUT2D eigenvalue weighted by Gasteiger charge is 2.17. The molecule has 5 heteroatoms. The second-order valence-corrected chi connectivity index (χ2v) is 4.43. The zero-order valence-corrected chi connectivity index (χ0v) is 9.91. The lowest BCUT2D eigenvalue weighted by Crippen LogP contribution is -2.40. The highest BCUT2D eigenvalue weighted by molar-refractivity contribution is 4.93. The molecule has 1 aromatic heterocycles. The Morgan fingerprint density at radius 1 is 1.40 bits per heavy atom. The molecule has 0 aliphatic heterocycles. The Labute approximate surface area is 90.5 Å². The lowest BCUT2D eigenvalue weighted by atomic mass is 10.0. The lowest BCUT2D eigenvalue weighted by Gasteiger charge is -2.25. The normalized spacial score (nSPS) is 12.1. The van der Waals surface area contributed by atoms with E-state index in [0.717, 1.165) is 18.1 Å². The summed E-state index contributed by atoms with van der Waals surface area (Å²) >= 11 is 0. The van der Waals surface area contributed by atoms with Gasteiger partial charge in [-0.1, -0.05) is 0 Å². The fourth-order valence-electron chi connectivity index (χ4n) is 1.29. The molecule has 0 spiro atoms. The van der Waals surface area contributed by atoms with Crippen LogP contribution in [0, 0.1) is 6.92 Å². The molecule has 0 aliphatic carbocycles. The van der Waals surface area contributed by atoms with E-state index >= 15 is 0 Å². The zero-order valence-electron chi connectivity index (χ0n) is 9.91. The molecule has 0 radical (unpaired) electrons. The molecule has 0 saturated heterocycles. The van der Waals surface area contributed by atoms with Crippen LogP contribution < -0.4 is 5.32 Å². The van der Waals surface area contributed by atoms with Crippen LogP contribution in [0.15, 0.2) is 0 Å². The first-order valence-electron chi connectivity index (χ1n) is 5.17. The second-order valence-electron chi connectivity index (χ2n) is 4.43. The van der Waals surface area contributed by atoms with E-state index in [9.17, 15) is 0 Å². The summed E-state index contributed by atoms with van der Waals surface area (Å²) in [4.78, 5) is 0. The third-order valence-electron chi connectivity index (χ3n) is 2.64. The number of aryl methyl sites for hydroxylation is 1. The Balaban J connectivity index is 2.53. The number of aromatic nitrogens is 3. The van der Waals surface area contributed by atoms with Gasteiger partial charge in [0.1, 0.15) is 11.6 Å². The van der Waals surface area contributed by atoms with Crippen LogP contribution in [0.5, 0.6) is 0 Å². The SMILES string of the molecule is Cc1nnc(CNC(C)(C)CCO)n1C. The minimum Gasteiger partial charge on any atom is -0.396 e. The van der Waals surface area contributed by atoms with Crippen molar-refractivity contribution < 1.29 is 5.11 Å². The molecule has 0 unspecified atom stereocenters. The molecule has 2 N–H and O–H groups in total. The maximum atomic E-state index is 8.88. The number of nitrogens with zero attached hydrogens (tertiary/aromatic N) is 3. The number of aliphatic hydroxyl groups excluding tert-OH is 1. The van der Waals surface area contributed by atoms with E-state index in [1.807, 2.05) is 18.5 Å². The molecule has 0 saturated carbocycles. The Morgan fingerprint density at radius 3 is 2.53 bits per heavy atom. The molecule has 15 heavy (non-hydrogen) atoms. The topological polar surface area (TPSA) is 63.0 Å². The largest absolute Gasteiger partial charge is 0.396 e. The van der Waals surface area contributed by atoms with E-state index in [2.05, 4.69) is 29.4 Å². The van der Waals surface area contributed by atoms with Crippen molar-refractivity contribution >= 4 is 0 Å². The number of hydrogen-bond donors (Lipinski definition) is 2. The summed E-state index contributed by atoms with van der Waals surface area (Å²) in [7, 11) is 1.95. The third-order valence-corrected chi connectivity index (χ3v) is 2.64. The first-order valence-corrected chi connectivity index (χ1v) is 5.17. The van der Waals surface area contributed by atoms with E-state index in [1.54, 1.807) is 0 Å². The van der Waals surface area contributed by atoms with Gasteiger partial charge in [-0.15, -0.1) is 10.2 Å². The maximum Gasteiger partial charge on any atom is 0.146 e. The quantitative estimate of drug-likeness (QED) is 0.740. The smallest absolute Gasteiger partial charge is 0.146 e. The lowest BCUT2D eigenvalue weighted by molar-refractivity contribution is 0.229. The van der Waals surface area contributed by atoms with Gasteiger partial charge in [-0.25, -0.2) is 0 Å². The van der Waals surface area contributed by atoms with E-state index in [-0.39, 0.29) is 12.1 Å². The first-order chi connectivity index (χ1) is 6.96. The molecule has 1 aromatic rings. The van der Waals surface area contributed by atoms with Gasteiger partial charge >= 0.3 is 0 Å². The van der Waals surface area contributed by atoms with Crippen molar-refractivity contribution in [2.45, 2.75) is 39.3 Å². The first kappa shape index (κ1) is 12.1. The fraction of sp³-hybridized carbons (Fsp3) is 0.800. The Bertz CT molecular complexity index is 319. The molecule has 0 atom stereocenters. The average molecular weight is 212 g/mol. The molecule has 5 nitrogen and oxygen atoms in total. The summed E-state index contributed by atoms with van der Waals surface area (Å²) in [5, 5.41) is 20.3. The highest BCUT2D eigenvalue weighted by atomic mass is 16.3. The molecule has 0 fully saturated rings. The zero-order chi connectivity index (χ0) is 11.5. The van der Waals surface area contributed by atoms with Gasteiger partial charge in [0.05, 0.1) is 6.54 Å². The molecule has 0 bridgehead atoms. The van der Waals surface area contributed by atoms with Gasteiger partial charge in [0.15, 0.2) is 0 Å². The molecule has 1 rings (SSSR count). The molecule has 0 aromatic carbocycles. The molecule has 1 heterocycles. The van der Waals surface area contributed by atoms with Crippen LogP contribution in [0.3, 0.4) is 0 Å². The van der Waals surface area contributed by atoms with E-state index in [4.69, 9.17) is 5.11 Å². The fourth-order valence-corrected chi connectivity index (χ4v) is 1.29. The van der Waals surface area contributed by atoms with Crippen LogP contribution in [0.25, 0.3) is 0 Å². The number of aliphatic hydroxyl groups is 1. The van der Waals surface area contributed by atoms with Gasteiger partial charge in [-0.3, -0.25) is 0 Å². The summed E-state index contributed by atoms with van der Waals surface area (Å²) in [6.45, 7) is 6.91. The van der Waals surface area contributed by atoms with Crippen molar-refractivity contribution in [2.75, 3.05) is 6.61 Å². The van der Waals surface area contributed by atoms with Crippen molar-refractivity contribution in [3.05, 3.63) is 11.6 Å². The summed E-state index contributed by atoms with van der Waals surface area (Å²) in [6, 6.07) is 0. The van der Waals surface area contributed by atoms with Gasteiger partial charge in [-0.2, -0.15) is 0 Å². The molecular weight excluding hydrogens is 192 g/mol. The van der Waals surface area contributed by atoms with E-state index in [0.29, 0.717) is 6.54 Å². The van der Waals surface area contributed by atoms with E-state index in [1.165, 1.54) is 0 Å². The Morgan fingerprint density at radius 2 is 2.07 bits per heavy atom. The van der Waals surface area contributed by atoms with Gasteiger partial charge < -0.3 is 15.0 Å². The predicted molar refractivity (Wildman–Crippen MR) is 58.4 cm³/mol. The van der Waals surface area contributed by atoms with Crippen molar-refractivity contribution in [3.8, 4) is 0 Å². The molecule has 0 amide bonds. The van der Waals surface area contributed by atoms with Gasteiger partial charge in [0.25, 0.3) is 0 Å². The van der Waals surface area contributed by atoms with Crippen LogP contribution in [-0.4, -0.2) is 32.0 Å². The number of hydrogen-bond acceptors (Lipinski definition) is 4. The molecule has 86 valence electrons. The number of rotatable bonds is 5. The van der Waals surface area contributed by atoms with Crippen LogP contribution in [0.4, 0.5) is 0 Å². The van der Waals surface area contributed by atoms with Gasteiger partial charge in [-0.05, 0) is 27.2 Å². The average Bonchev–Trinajstić information content (AvgIpc) is 2.45. The van der Waals surface area contributed by atoms with Crippen molar-refractivity contribution in [1.29, 1.82) is 0 Å². The number of nitrogens with one attached hydrogen (secondary N) is 1. The predicted octanol–water partition coefficient (Wildman–Crippen LogP) is 0.374. The highest BCUT2D eigenvalue weighted by Crippen LogP contribution is 2.08. The van der Waals surface area contributed by atoms with Gasteiger partial charge in [0.2, 0.25) is 0 Å². The van der Waals surface area contributed by atoms with Crippen LogP contribution in [0.2, 0.25) is 0 Å². The summed E-state index contributed by atoms with van der Waals surface area (Å²) < 4.78 is 1.96. The van der Waals surface area contributed by atoms with Crippen molar-refractivity contribution in [3.63, 3.8) is 0 Å². The van der Waals surface area contributed by atoms with Crippen LogP contribution >= 0.6 is 0 Å². The minimum atomic E-state index is -0.0748. The Hall–Kier alpha value is -0.940. The maximum absolute atomic E-state index is 8.88. The van der Waals surface area contributed by atoms with Crippen LogP contribution in [-0.2, 0) is 13.6 Å². The van der Waals surface area contributed by atoms with E-state index < -0.39 is 0 Å². The standard InChI is InChI=1S/C10H20N4O/c1-8-12-13-9(14(8)4)7-11-10(2,3)5-6-15/h11,15H,5-7H2,1-4H3. The summed E-state index contributed by atoms with van der Waals surface area (Å²) in [5.74, 6) is 1.82. The Kier molecular flexibility index (Phi) is 3.82. The summed E-state index contributed by atoms with van der Waals surface area (Å²) in [5.41, 5.74) is -0.0748. The van der Waals surface area contributed by atoms with Crippen molar-refractivity contribution in [1.82, 2.24) is 20.1 Å². The monoisotopic (exact) mass is 212 g/mol. The minimum absolute atomic E-state index is 0.0748. The van der Waals surface area contributed by atoms with Crippen LogP contribution in [0.1, 0.15) is 31.9 Å². The summed E-state index contributed by atoms with van der Waals surface area (Å²) in [6.07, 6.45) is 0.726.